The van der Waals surface area contributed by atoms with Gasteiger partial charge in [0.05, 0.1) is 12.0 Å². The van der Waals surface area contributed by atoms with Crippen molar-refractivity contribution in [1.82, 2.24) is 5.32 Å². The quantitative estimate of drug-likeness (QED) is 0.329. The molecule has 3 aromatic carbocycles. The molecule has 0 radical (unpaired) electrons. The van der Waals surface area contributed by atoms with E-state index in [2.05, 4.69) is 10.6 Å². The molecule has 2 amide bonds. The molecule has 1 aromatic heterocycles. The Morgan fingerprint density at radius 3 is 2.33 bits per heavy atom. The predicted octanol–water partition coefficient (Wildman–Crippen LogP) is 6.15. The van der Waals surface area contributed by atoms with Gasteiger partial charge in [-0.05, 0) is 55.0 Å². The van der Waals surface area contributed by atoms with Crippen LogP contribution in [-0.2, 0) is 4.79 Å². The Morgan fingerprint density at radius 2 is 1.58 bits per heavy atom. The number of hydrogen-bond acceptors (Lipinski definition) is 4. The van der Waals surface area contributed by atoms with Gasteiger partial charge < -0.3 is 15.1 Å². The number of hydrogen-bond donors (Lipinski definition) is 2. The normalized spacial score (nSPS) is 11.1. The van der Waals surface area contributed by atoms with Gasteiger partial charge in [-0.1, -0.05) is 60.3 Å². The molecule has 4 aromatic rings. The summed E-state index contributed by atoms with van der Waals surface area (Å²) in [5.41, 5.74) is 2.04. The number of benzene rings is 3. The standard InChI is InChI=1S/C27H22N2O3S/c1-19-10-5-6-14-22(19)26(30)29-24(18-20-11-9-17-32-20)27(31)28-23-15-7-8-16-25(23)33-21-12-3-2-4-13-21/h2-18H,1H3,(H,28,31)(H,29,30)/b24-18-. The van der Waals surface area contributed by atoms with Crippen LogP contribution < -0.4 is 10.6 Å². The first-order valence-corrected chi connectivity index (χ1v) is 11.2. The fraction of sp³-hybridized carbons (Fsp3) is 0.0370. The van der Waals surface area contributed by atoms with Crippen molar-refractivity contribution >= 4 is 35.3 Å². The van der Waals surface area contributed by atoms with Gasteiger partial charge in [-0.25, -0.2) is 0 Å². The second-order valence-electron chi connectivity index (χ2n) is 7.21. The van der Waals surface area contributed by atoms with Gasteiger partial charge in [-0.3, -0.25) is 9.59 Å². The summed E-state index contributed by atoms with van der Waals surface area (Å²) < 4.78 is 5.37. The number of aryl methyl sites for hydroxylation is 1. The number of furan rings is 1. The van der Waals surface area contributed by atoms with Crippen LogP contribution in [0.4, 0.5) is 5.69 Å². The molecule has 0 unspecified atom stereocenters. The monoisotopic (exact) mass is 454 g/mol. The summed E-state index contributed by atoms with van der Waals surface area (Å²) >= 11 is 1.55. The molecular formula is C27H22N2O3S. The highest BCUT2D eigenvalue weighted by Gasteiger charge is 2.18. The van der Waals surface area contributed by atoms with E-state index in [4.69, 9.17) is 4.42 Å². The first kappa shape index (κ1) is 22.2. The zero-order valence-corrected chi connectivity index (χ0v) is 18.8. The Bertz CT molecular complexity index is 1280. The van der Waals surface area contributed by atoms with Gasteiger partial charge in [-0.15, -0.1) is 0 Å². The van der Waals surface area contributed by atoms with E-state index in [1.165, 1.54) is 12.3 Å². The van der Waals surface area contributed by atoms with E-state index in [0.717, 1.165) is 15.4 Å². The van der Waals surface area contributed by atoms with Crippen LogP contribution in [-0.4, -0.2) is 11.8 Å². The molecular weight excluding hydrogens is 432 g/mol. The molecule has 5 nitrogen and oxygen atoms in total. The summed E-state index contributed by atoms with van der Waals surface area (Å²) in [4.78, 5) is 28.1. The van der Waals surface area contributed by atoms with Crippen LogP contribution in [0.3, 0.4) is 0 Å². The lowest BCUT2D eigenvalue weighted by atomic mass is 10.1. The molecule has 2 N–H and O–H groups in total. The lowest BCUT2D eigenvalue weighted by molar-refractivity contribution is -0.113. The maximum Gasteiger partial charge on any atom is 0.272 e. The maximum absolute atomic E-state index is 13.3. The Morgan fingerprint density at radius 1 is 0.848 bits per heavy atom. The van der Waals surface area contributed by atoms with E-state index in [1.807, 2.05) is 73.7 Å². The van der Waals surface area contributed by atoms with Crippen LogP contribution in [0.1, 0.15) is 21.7 Å². The number of nitrogens with one attached hydrogen (secondary N) is 2. The van der Waals surface area contributed by atoms with Gasteiger partial charge in [0.2, 0.25) is 0 Å². The third-order valence-corrected chi connectivity index (χ3v) is 5.90. The lowest BCUT2D eigenvalue weighted by Gasteiger charge is -2.14. The highest BCUT2D eigenvalue weighted by molar-refractivity contribution is 7.99. The van der Waals surface area contributed by atoms with E-state index in [1.54, 1.807) is 36.0 Å². The molecule has 0 saturated carbocycles. The largest absolute Gasteiger partial charge is 0.465 e. The highest BCUT2D eigenvalue weighted by Crippen LogP contribution is 2.33. The Kier molecular flexibility index (Phi) is 7.07. The number of carbonyl (C=O) groups is 2. The first-order valence-electron chi connectivity index (χ1n) is 10.4. The number of amides is 2. The molecule has 0 bridgehead atoms. The summed E-state index contributed by atoms with van der Waals surface area (Å²) in [5.74, 6) is -0.361. The molecule has 6 heteroatoms. The molecule has 0 aliphatic heterocycles. The first-order chi connectivity index (χ1) is 16.1. The zero-order valence-electron chi connectivity index (χ0n) is 17.9. The van der Waals surface area contributed by atoms with Crippen LogP contribution in [0.5, 0.6) is 0 Å². The third-order valence-electron chi connectivity index (χ3n) is 4.82. The number of carbonyl (C=O) groups excluding carboxylic acids is 2. The lowest BCUT2D eigenvalue weighted by Crippen LogP contribution is -2.31. The summed E-state index contributed by atoms with van der Waals surface area (Å²) in [6, 6.07) is 28.1. The summed E-state index contributed by atoms with van der Waals surface area (Å²) in [5, 5.41) is 5.68. The van der Waals surface area contributed by atoms with E-state index in [0.29, 0.717) is 17.0 Å². The average molecular weight is 455 g/mol. The topological polar surface area (TPSA) is 71.3 Å². The zero-order chi connectivity index (χ0) is 23.0. The van der Waals surface area contributed by atoms with Crippen molar-refractivity contribution in [1.29, 1.82) is 0 Å². The van der Waals surface area contributed by atoms with E-state index < -0.39 is 5.91 Å². The molecule has 33 heavy (non-hydrogen) atoms. The van der Waals surface area contributed by atoms with Crippen molar-refractivity contribution in [3.05, 3.63) is 120 Å². The molecule has 0 spiro atoms. The van der Waals surface area contributed by atoms with Gasteiger partial charge in [0.1, 0.15) is 11.5 Å². The van der Waals surface area contributed by atoms with Gasteiger partial charge in [-0.2, -0.15) is 0 Å². The Balaban J connectivity index is 1.59. The van der Waals surface area contributed by atoms with Crippen LogP contribution in [0.2, 0.25) is 0 Å². The second-order valence-corrected chi connectivity index (χ2v) is 8.32. The minimum Gasteiger partial charge on any atom is -0.465 e. The molecule has 0 atom stereocenters. The minimum atomic E-state index is -0.450. The van der Waals surface area contributed by atoms with Crippen LogP contribution in [0.15, 0.2) is 117 Å². The third kappa shape index (κ3) is 5.81. The number of para-hydroxylation sites is 1. The fourth-order valence-corrected chi connectivity index (χ4v) is 4.08. The van der Waals surface area contributed by atoms with Crippen molar-refractivity contribution in [3.8, 4) is 0 Å². The SMILES string of the molecule is Cc1ccccc1C(=O)N/C(=C\c1ccco1)C(=O)Nc1ccccc1Sc1ccccc1. The van der Waals surface area contributed by atoms with Crippen LogP contribution in [0.25, 0.3) is 6.08 Å². The summed E-state index contributed by atoms with van der Waals surface area (Å²) in [7, 11) is 0. The number of anilines is 1. The minimum absolute atomic E-state index is 0.0812. The Hall–Kier alpha value is -4.03. The molecule has 0 aliphatic carbocycles. The maximum atomic E-state index is 13.3. The summed E-state index contributed by atoms with van der Waals surface area (Å²) in [6.45, 7) is 1.85. The van der Waals surface area contributed by atoms with Crippen molar-refractivity contribution in [2.45, 2.75) is 16.7 Å². The molecule has 1 heterocycles. The highest BCUT2D eigenvalue weighted by atomic mass is 32.2. The van der Waals surface area contributed by atoms with E-state index in [9.17, 15) is 9.59 Å². The molecule has 0 saturated heterocycles. The second kappa shape index (κ2) is 10.5. The fourth-order valence-electron chi connectivity index (χ4n) is 3.16. The van der Waals surface area contributed by atoms with Crippen molar-refractivity contribution in [2.75, 3.05) is 5.32 Å². The van der Waals surface area contributed by atoms with E-state index >= 15 is 0 Å². The van der Waals surface area contributed by atoms with Gasteiger partial charge in [0.25, 0.3) is 11.8 Å². The Labute approximate surface area is 196 Å². The van der Waals surface area contributed by atoms with E-state index in [-0.39, 0.29) is 11.6 Å². The average Bonchev–Trinajstić information content (AvgIpc) is 3.34. The molecule has 0 aliphatic rings. The van der Waals surface area contributed by atoms with Crippen molar-refractivity contribution in [3.63, 3.8) is 0 Å². The molecule has 164 valence electrons. The van der Waals surface area contributed by atoms with Gasteiger partial charge in [0.15, 0.2) is 0 Å². The molecule has 4 rings (SSSR count). The van der Waals surface area contributed by atoms with Crippen molar-refractivity contribution in [2.24, 2.45) is 0 Å². The smallest absolute Gasteiger partial charge is 0.272 e. The predicted molar refractivity (Wildman–Crippen MR) is 131 cm³/mol. The van der Waals surface area contributed by atoms with Crippen molar-refractivity contribution < 1.29 is 14.0 Å². The van der Waals surface area contributed by atoms with Gasteiger partial charge in [0, 0.05) is 21.4 Å². The number of rotatable bonds is 7. The van der Waals surface area contributed by atoms with Gasteiger partial charge >= 0.3 is 0 Å². The van der Waals surface area contributed by atoms with Crippen LogP contribution >= 0.6 is 11.8 Å². The molecule has 0 fully saturated rings. The summed E-state index contributed by atoms with van der Waals surface area (Å²) in [6.07, 6.45) is 3.02. The van der Waals surface area contributed by atoms with Crippen LogP contribution in [0, 0.1) is 6.92 Å².